The molecule has 1 aromatic heterocycles. The molecule has 6 heteroatoms. The van der Waals surface area contributed by atoms with Crippen molar-refractivity contribution < 1.29 is 4.79 Å². The summed E-state index contributed by atoms with van der Waals surface area (Å²) < 4.78 is 1.16. The van der Waals surface area contributed by atoms with Gasteiger partial charge in [0.05, 0.1) is 12.3 Å². The molecule has 0 saturated carbocycles. The van der Waals surface area contributed by atoms with Gasteiger partial charge in [0.1, 0.15) is 0 Å². The maximum Gasteiger partial charge on any atom is 0.259 e. The Morgan fingerprint density at radius 2 is 2.05 bits per heavy atom. The van der Waals surface area contributed by atoms with E-state index in [-0.39, 0.29) is 12.5 Å². The highest BCUT2D eigenvalue weighted by molar-refractivity contribution is 14.1. The first kappa shape index (κ1) is 15.0. The average molecular weight is 399 g/mol. The molecule has 0 aliphatic heterocycles. The summed E-state index contributed by atoms with van der Waals surface area (Å²) in [6, 6.07) is 11.8. The molecule has 0 saturated heterocycles. The van der Waals surface area contributed by atoms with E-state index < -0.39 is 0 Å². The fraction of sp³-hybridized carbons (Fsp3) is 0.143. The number of nitrogens with zero attached hydrogens (tertiary/aromatic N) is 1. The van der Waals surface area contributed by atoms with Crippen molar-refractivity contribution in [2.75, 3.05) is 11.9 Å². The molecule has 0 spiro atoms. The number of amides is 1. The van der Waals surface area contributed by atoms with Crippen LogP contribution in [-0.2, 0) is 4.79 Å². The van der Waals surface area contributed by atoms with Gasteiger partial charge in [-0.05, 0) is 65.2 Å². The number of hydrogen-bond donors (Lipinski definition) is 2. The molecule has 2 rings (SSSR count). The number of carbonyl (C=O) groups is 1. The molecule has 1 aromatic carbocycles. The lowest BCUT2D eigenvalue weighted by molar-refractivity contribution is -0.119. The highest BCUT2D eigenvalue weighted by Crippen LogP contribution is 2.11. The van der Waals surface area contributed by atoms with Gasteiger partial charge in [0, 0.05) is 14.1 Å². The number of halogens is 1. The Morgan fingerprint density at radius 3 is 2.70 bits per heavy atom. The predicted molar refractivity (Wildman–Crippen MR) is 92.3 cm³/mol. The zero-order valence-electron chi connectivity index (χ0n) is 10.9. The van der Waals surface area contributed by atoms with Crippen molar-refractivity contribution in [3.8, 4) is 0 Å². The third-order valence-corrected chi connectivity index (χ3v) is 4.22. The van der Waals surface area contributed by atoms with Gasteiger partial charge in [0.25, 0.3) is 5.91 Å². The summed E-state index contributed by atoms with van der Waals surface area (Å²) in [4.78, 5) is 12.7. The Balaban J connectivity index is 1.81. The van der Waals surface area contributed by atoms with E-state index in [4.69, 9.17) is 0 Å². The second-order valence-electron chi connectivity index (χ2n) is 4.07. The van der Waals surface area contributed by atoms with E-state index in [9.17, 15) is 4.79 Å². The van der Waals surface area contributed by atoms with Crippen molar-refractivity contribution in [1.82, 2.24) is 5.43 Å². The van der Waals surface area contributed by atoms with Crippen molar-refractivity contribution in [3.05, 3.63) is 50.2 Å². The smallest absolute Gasteiger partial charge is 0.259 e. The van der Waals surface area contributed by atoms with Crippen molar-refractivity contribution >= 4 is 51.2 Å². The van der Waals surface area contributed by atoms with Gasteiger partial charge >= 0.3 is 0 Å². The normalized spacial score (nSPS) is 11.2. The van der Waals surface area contributed by atoms with E-state index >= 15 is 0 Å². The standard InChI is InChI=1S/C14H14IN3OS/c1-10(13-3-2-8-20-13)17-18-14(19)9-16-12-6-4-11(15)5-7-12/h2-8,16H,9H2,1H3,(H,18,19)/b17-10-. The van der Waals surface area contributed by atoms with Gasteiger partial charge in [-0.25, -0.2) is 5.43 Å². The van der Waals surface area contributed by atoms with Gasteiger partial charge in [-0.3, -0.25) is 4.79 Å². The lowest BCUT2D eigenvalue weighted by atomic mass is 10.3. The van der Waals surface area contributed by atoms with Crippen molar-refractivity contribution in [2.45, 2.75) is 6.92 Å². The van der Waals surface area contributed by atoms with Gasteiger partial charge in [-0.2, -0.15) is 5.10 Å². The van der Waals surface area contributed by atoms with Crippen LogP contribution in [0.3, 0.4) is 0 Å². The van der Waals surface area contributed by atoms with Gasteiger partial charge < -0.3 is 5.32 Å². The molecule has 4 nitrogen and oxygen atoms in total. The number of rotatable bonds is 5. The number of carbonyl (C=O) groups excluding carboxylic acids is 1. The minimum Gasteiger partial charge on any atom is -0.376 e. The van der Waals surface area contributed by atoms with Gasteiger partial charge in [0.15, 0.2) is 0 Å². The van der Waals surface area contributed by atoms with E-state index in [1.165, 1.54) is 0 Å². The summed E-state index contributed by atoms with van der Waals surface area (Å²) in [7, 11) is 0. The molecule has 1 amide bonds. The molecule has 0 fully saturated rings. The summed E-state index contributed by atoms with van der Waals surface area (Å²) in [5.74, 6) is -0.167. The molecule has 0 bridgehead atoms. The van der Waals surface area contributed by atoms with Crippen LogP contribution in [0.4, 0.5) is 5.69 Å². The number of benzene rings is 1. The predicted octanol–water partition coefficient (Wildman–Crippen LogP) is 3.31. The van der Waals surface area contributed by atoms with Crippen LogP contribution in [0.15, 0.2) is 46.9 Å². The van der Waals surface area contributed by atoms with Gasteiger partial charge in [0.2, 0.25) is 0 Å². The van der Waals surface area contributed by atoms with Crippen molar-refractivity contribution in [2.24, 2.45) is 5.10 Å². The average Bonchev–Trinajstić information content (AvgIpc) is 2.98. The fourth-order valence-electron chi connectivity index (χ4n) is 1.48. The maximum atomic E-state index is 11.7. The highest BCUT2D eigenvalue weighted by atomic mass is 127. The van der Waals surface area contributed by atoms with Gasteiger partial charge in [-0.1, -0.05) is 6.07 Å². The first-order valence-corrected chi connectivity index (χ1v) is 7.97. The molecule has 2 N–H and O–H groups in total. The lowest BCUT2D eigenvalue weighted by Gasteiger charge is -2.05. The largest absolute Gasteiger partial charge is 0.376 e. The molecular formula is C14H14IN3OS. The quantitative estimate of drug-likeness (QED) is 0.461. The van der Waals surface area contributed by atoms with Crippen LogP contribution >= 0.6 is 33.9 Å². The Labute approximate surface area is 135 Å². The van der Waals surface area contributed by atoms with Crippen LogP contribution in [0.5, 0.6) is 0 Å². The number of hydrogen-bond acceptors (Lipinski definition) is 4. The molecule has 20 heavy (non-hydrogen) atoms. The summed E-state index contributed by atoms with van der Waals surface area (Å²) in [5, 5.41) is 9.11. The Morgan fingerprint density at radius 1 is 1.30 bits per heavy atom. The Bertz CT molecular complexity index is 593. The summed E-state index contributed by atoms with van der Waals surface area (Å²) in [6.45, 7) is 2.07. The third-order valence-electron chi connectivity index (χ3n) is 2.52. The van der Waals surface area contributed by atoms with E-state index in [2.05, 4.69) is 38.4 Å². The topological polar surface area (TPSA) is 53.5 Å². The van der Waals surface area contributed by atoms with Crippen LogP contribution in [-0.4, -0.2) is 18.2 Å². The minimum absolute atomic E-state index is 0.167. The van der Waals surface area contributed by atoms with Crippen LogP contribution in [0.2, 0.25) is 0 Å². The van der Waals surface area contributed by atoms with E-state index in [1.807, 2.05) is 48.7 Å². The summed E-state index contributed by atoms with van der Waals surface area (Å²) >= 11 is 3.84. The molecule has 0 atom stereocenters. The van der Waals surface area contributed by atoms with Crippen molar-refractivity contribution in [1.29, 1.82) is 0 Å². The molecular weight excluding hydrogens is 385 g/mol. The highest BCUT2D eigenvalue weighted by Gasteiger charge is 2.02. The van der Waals surface area contributed by atoms with Gasteiger partial charge in [-0.15, -0.1) is 11.3 Å². The summed E-state index contributed by atoms with van der Waals surface area (Å²) in [5.41, 5.74) is 4.27. The number of anilines is 1. The molecule has 0 radical (unpaired) electrons. The molecule has 2 aromatic rings. The zero-order chi connectivity index (χ0) is 14.4. The van der Waals surface area contributed by atoms with E-state index in [0.717, 1.165) is 19.8 Å². The SMILES string of the molecule is C/C(=N/NC(=O)CNc1ccc(I)cc1)c1cccs1. The van der Waals surface area contributed by atoms with Crippen molar-refractivity contribution in [3.63, 3.8) is 0 Å². The number of nitrogens with one attached hydrogen (secondary N) is 2. The second-order valence-corrected chi connectivity index (χ2v) is 6.26. The molecule has 0 aliphatic rings. The molecule has 0 unspecified atom stereocenters. The number of thiophene rings is 1. The maximum absolute atomic E-state index is 11.7. The van der Waals surface area contributed by atoms with Crippen LogP contribution in [0.1, 0.15) is 11.8 Å². The second kappa shape index (κ2) is 7.39. The van der Waals surface area contributed by atoms with E-state index in [1.54, 1.807) is 11.3 Å². The first-order chi connectivity index (χ1) is 9.65. The first-order valence-electron chi connectivity index (χ1n) is 6.01. The summed E-state index contributed by atoms with van der Waals surface area (Å²) in [6.07, 6.45) is 0. The third kappa shape index (κ3) is 4.61. The van der Waals surface area contributed by atoms with E-state index in [0.29, 0.717) is 0 Å². The van der Waals surface area contributed by atoms with Crippen LogP contribution in [0, 0.1) is 3.57 Å². The number of hydrazone groups is 1. The fourth-order valence-corrected chi connectivity index (χ4v) is 2.51. The molecule has 0 aliphatic carbocycles. The Hall–Kier alpha value is -1.41. The lowest BCUT2D eigenvalue weighted by Crippen LogP contribution is -2.26. The Kier molecular flexibility index (Phi) is 5.54. The van der Waals surface area contributed by atoms with Crippen LogP contribution < -0.4 is 10.7 Å². The molecule has 1 heterocycles. The minimum atomic E-state index is -0.167. The monoisotopic (exact) mass is 399 g/mol. The zero-order valence-corrected chi connectivity index (χ0v) is 13.9. The van der Waals surface area contributed by atoms with Crippen LogP contribution in [0.25, 0.3) is 0 Å². The molecule has 104 valence electrons.